The van der Waals surface area contributed by atoms with Gasteiger partial charge >= 0.3 is 6.18 Å². The molecule has 0 bridgehead atoms. The predicted octanol–water partition coefficient (Wildman–Crippen LogP) is 7.03. The summed E-state index contributed by atoms with van der Waals surface area (Å²) in [6.45, 7) is 6.78. The van der Waals surface area contributed by atoms with E-state index >= 15 is 0 Å². The number of furan rings is 1. The van der Waals surface area contributed by atoms with Gasteiger partial charge in [-0.2, -0.15) is 13.2 Å². The van der Waals surface area contributed by atoms with Gasteiger partial charge in [0, 0.05) is 10.4 Å². The summed E-state index contributed by atoms with van der Waals surface area (Å²) in [5.41, 5.74) is 1.68. The van der Waals surface area contributed by atoms with Gasteiger partial charge in [0.15, 0.2) is 6.17 Å². The van der Waals surface area contributed by atoms with E-state index in [0.29, 0.717) is 23.0 Å². The molecule has 0 fully saturated rings. The van der Waals surface area contributed by atoms with E-state index < -0.39 is 17.9 Å². The van der Waals surface area contributed by atoms with Crippen LogP contribution in [0.2, 0.25) is 0 Å². The summed E-state index contributed by atoms with van der Waals surface area (Å²) in [6, 6.07) is 8.33. The number of rotatable bonds is 2. The third kappa shape index (κ3) is 4.05. The third-order valence-corrected chi connectivity index (χ3v) is 7.84. The highest BCUT2D eigenvalue weighted by atomic mass is 32.1. The second kappa shape index (κ2) is 7.65. The predicted molar refractivity (Wildman–Crippen MR) is 122 cm³/mol. The molecule has 5 rings (SSSR count). The normalized spacial score (nSPS) is 20.6. The zero-order valence-electron chi connectivity index (χ0n) is 18.6. The SMILES string of the molecule is CC(C)(C)C1CCc2c(sc3c2C(=O)NC(c2ccc(-c4cccc(C(F)(F)F)c4)o2)N3)C1. The molecule has 4 nitrogen and oxygen atoms in total. The molecule has 2 N–H and O–H groups in total. The lowest BCUT2D eigenvalue weighted by molar-refractivity contribution is -0.137. The van der Waals surface area contributed by atoms with Crippen LogP contribution in [0, 0.1) is 11.3 Å². The first kappa shape index (κ1) is 22.1. The number of carbonyl (C=O) groups is 1. The molecule has 1 aliphatic heterocycles. The van der Waals surface area contributed by atoms with Gasteiger partial charge in [-0.05, 0) is 60.4 Å². The highest BCUT2D eigenvalue weighted by Gasteiger charge is 2.37. The lowest BCUT2D eigenvalue weighted by Gasteiger charge is -2.34. The van der Waals surface area contributed by atoms with Gasteiger partial charge in [0.2, 0.25) is 0 Å². The Labute approximate surface area is 194 Å². The molecular formula is C25H25F3N2O2S. The topological polar surface area (TPSA) is 54.3 Å². The monoisotopic (exact) mass is 474 g/mol. The lowest BCUT2D eigenvalue weighted by atomic mass is 9.72. The fourth-order valence-corrected chi connectivity index (χ4v) is 6.04. The van der Waals surface area contributed by atoms with Gasteiger partial charge in [0.25, 0.3) is 5.91 Å². The van der Waals surface area contributed by atoms with Crippen molar-refractivity contribution in [3.8, 4) is 11.3 Å². The zero-order valence-corrected chi connectivity index (χ0v) is 19.4. The van der Waals surface area contributed by atoms with E-state index in [2.05, 4.69) is 31.4 Å². The second-order valence-corrected chi connectivity index (χ2v) is 11.0. The summed E-state index contributed by atoms with van der Waals surface area (Å²) in [7, 11) is 0. The third-order valence-electron chi connectivity index (χ3n) is 6.65. The van der Waals surface area contributed by atoms with E-state index in [1.807, 2.05) is 0 Å². The Hall–Kier alpha value is -2.74. The number of benzene rings is 1. The maximum atomic E-state index is 13.1. The molecule has 33 heavy (non-hydrogen) atoms. The minimum absolute atomic E-state index is 0.141. The average molecular weight is 475 g/mol. The molecule has 2 unspecified atom stereocenters. The Balaban J connectivity index is 1.40. The van der Waals surface area contributed by atoms with Crippen molar-refractivity contribution in [1.82, 2.24) is 5.32 Å². The molecule has 1 amide bonds. The zero-order chi connectivity index (χ0) is 23.5. The minimum atomic E-state index is -4.43. The standard InChI is InChI=1S/C25H25F3N2O2S/c1-24(2,3)14-7-8-16-19(12-14)33-23-20(16)22(31)29-21(30-23)18-10-9-17(32-18)13-5-4-6-15(11-13)25(26,27)28/h4-6,9-11,14,21,30H,7-8,12H2,1-3H3,(H,29,31). The number of halogens is 3. The molecule has 3 heterocycles. The second-order valence-electron chi connectivity index (χ2n) is 9.85. The van der Waals surface area contributed by atoms with Gasteiger partial charge in [0.1, 0.15) is 16.5 Å². The van der Waals surface area contributed by atoms with Crippen LogP contribution in [-0.2, 0) is 19.0 Å². The van der Waals surface area contributed by atoms with Gasteiger partial charge < -0.3 is 15.1 Å². The van der Waals surface area contributed by atoms with Crippen molar-refractivity contribution in [1.29, 1.82) is 0 Å². The number of carbonyl (C=O) groups excluding carboxylic acids is 1. The smallest absolute Gasteiger partial charge is 0.416 e. The fourth-order valence-electron chi connectivity index (χ4n) is 4.69. The Bertz CT molecular complexity index is 1220. The van der Waals surface area contributed by atoms with Crippen molar-refractivity contribution < 1.29 is 22.4 Å². The fraction of sp³-hybridized carbons (Fsp3) is 0.400. The highest BCUT2D eigenvalue weighted by molar-refractivity contribution is 7.16. The summed E-state index contributed by atoms with van der Waals surface area (Å²) < 4.78 is 45.1. The minimum Gasteiger partial charge on any atom is -0.457 e. The molecule has 2 atom stereocenters. The van der Waals surface area contributed by atoms with Crippen LogP contribution in [0.3, 0.4) is 0 Å². The molecule has 0 spiro atoms. The summed E-state index contributed by atoms with van der Waals surface area (Å²) in [5.74, 6) is 1.19. The quantitative estimate of drug-likeness (QED) is 0.419. The van der Waals surface area contributed by atoms with Crippen LogP contribution in [0.15, 0.2) is 40.8 Å². The molecule has 1 aromatic carbocycles. The molecule has 3 aromatic rings. The summed E-state index contributed by atoms with van der Waals surface area (Å²) in [5, 5.41) is 7.15. The number of anilines is 1. The van der Waals surface area contributed by atoms with Crippen LogP contribution in [-0.4, -0.2) is 5.91 Å². The maximum Gasteiger partial charge on any atom is 0.416 e. The Kier molecular flexibility index (Phi) is 5.12. The van der Waals surface area contributed by atoms with E-state index in [9.17, 15) is 18.0 Å². The van der Waals surface area contributed by atoms with Crippen molar-refractivity contribution in [2.24, 2.45) is 11.3 Å². The van der Waals surface area contributed by atoms with Gasteiger partial charge in [-0.25, -0.2) is 0 Å². The Morgan fingerprint density at radius 1 is 1.09 bits per heavy atom. The van der Waals surface area contributed by atoms with Crippen LogP contribution < -0.4 is 10.6 Å². The van der Waals surface area contributed by atoms with E-state index in [-0.39, 0.29) is 11.3 Å². The van der Waals surface area contributed by atoms with Crippen molar-refractivity contribution in [3.05, 3.63) is 63.7 Å². The van der Waals surface area contributed by atoms with Crippen molar-refractivity contribution in [2.75, 3.05) is 5.32 Å². The molecule has 2 aromatic heterocycles. The summed E-state index contributed by atoms with van der Waals surface area (Å²) in [4.78, 5) is 14.3. The van der Waals surface area contributed by atoms with Crippen LogP contribution in [0.1, 0.15) is 65.5 Å². The van der Waals surface area contributed by atoms with Crippen LogP contribution in [0.25, 0.3) is 11.3 Å². The average Bonchev–Trinajstić information content (AvgIpc) is 3.37. The van der Waals surface area contributed by atoms with Crippen molar-refractivity contribution in [3.63, 3.8) is 0 Å². The largest absolute Gasteiger partial charge is 0.457 e. The van der Waals surface area contributed by atoms with Crippen LogP contribution in [0.4, 0.5) is 18.2 Å². The molecule has 0 saturated heterocycles. The lowest BCUT2D eigenvalue weighted by Crippen LogP contribution is -2.38. The number of nitrogens with one attached hydrogen (secondary N) is 2. The maximum absolute atomic E-state index is 13.1. The molecule has 0 radical (unpaired) electrons. The summed E-state index contributed by atoms with van der Waals surface area (Å²) in [6.07, 6.45) is -2.08. The van der Waals surface area contributed by atoms with Crippen molar-refractivity contribution in [2.45, 2.75) is 52.4 Å². The van der Waals surface area contributed by atoms with Crippen LogP contribution in [0.5, 0.6) is 0 Å². The van der Waals surface area contributed by atoms with E-state index in [1.165, 1.54) is 10.9 Å². The first-order valence-corrected chi connectivity index (χ1v) is 11.8. The molecule has 2 aliphatic rings. The highest BCUT2D eigenvalue weighted by Crippen LogP contribution is 2.46. The molecule has 0 saturated carbocycles. The number of thiophene rings is 1. The van der Waals surface area contributed by atoms with Gasteiger partial charge in [-0.3, -0.25) is 4.79 Å². The molecule has 174 valence electrons. The first-order valence-electron chi connectivity index (χ1n) is 11.0. The first-order chi connectivity index (χ1) is 15.5. The molecular weight excluding hydrogens is 449 g/mol. The van der Waals surface area contributed by atoms with Gasteiger partial charge in [-0.15, -0.1) is 11.3 Å². The Morgan fingerprint density at radius 2 is 1.88 bits per heavy atom. The number of fused-ring (bicyclic) bond motifs is 3. The van der Waals surface area contributed by atoms with Gasteiger partial charge in [0.05, 0.1) is 11.1 Å². The van der Waals surface area contributed by atoms with Crippen molar-refractivity contribution >= 4 is 22.2 Å². The Morgan fingerprint density at radius 3 is 2.61 bits per heavy atom. The van der Waals surface area contributed by atoms with E-state index in [1.54, 1.807) is 29.5 Å². The molecule has 1 aliphatic carbocycles. The van der Waals surface area contributed by atoms with Gasteiger partial charge in [-0.1, -0.05) is 32.9 Å². The summed E-state index contributed by atoms with van der Waals surface area (Å²) >= 11 is 1.63. The molecule has 8 heteroatoms. The van der Waals surface area contributed by atoms with E-state index in [4.69, 9.17) is 4.42 Å². The number of hydrogen-bond donors (Lipinski definition) is 2. The van der Waals surface area contributed by atoms with Crippen LogP contribution >= 0.6 is 11.3 Å². The number of hydrogen-bond acceptors (Lipinski definition) is 4. The number of amides is 1. The van der Waals surface area contributed by atoms with E-state index in [0.717, 1.165) is 47.5 Å². The number of alkyl halides is 3.